The van der Waals surface area contributed by atoms with Crippen molar-refractivity contribution >= 4 is 21.6 Å². The van der Waals surface area contributed by atoms with Crippen LogP contribution in [-0.4, -0.2) is 38.3 Å². The van der Waals surface area contributed by atoms with E-state index in [0.717, 1.165) is 44.9 Å². The third kappa shape index (κ3) is 5.79. The van der Waals surface area contributed by atoms with Crippen LogP contribution in [0.5, 0.6) is 0 Å². The largest absolute Gasteiger partial charge is 0.330 e. The van der Waals surface area contributed by atoms with Gasteiger partial charge in [0.15, 0.2) is 0 Å². The van der Waals surface area contributed by atoms with Gasteiger partial charge >= 0.3 is 0 Å². The molecule has 0 atom stereocenters. The number of amides is 1. The standard InChI is InChI=1S/C19H31N3O3S/c1-16-10-11-17(21-19(23)9-5-2-3-6-12-20)15-18(16)26(24,25)22-13-7-4-8-14-22/h10-11,15H,2-9,12-14,20H2,1H3,(H,21,23). The van der Waals surface area contributed by atoms with Gasteiger partial charge in [-0.15, -0.1) is 0 Å². The average Bonchev–Trinajstić information content (AvgIpc) is 2.64. The number of unbranched alkanes of at least 4 members (excludes halogenated alkanes) is 3. The molecule has 0 radical (unpaired) electrons. The van der Waals surface area contributed by atoms with Crippen molar-refractivity contribution in [2.75, 3.05) is 25.0 Å². The predicted molar refractivity (Wildman–Crippen MR) is 105 cm³/mol. The number of nitrogens with two attached hydrogens (primary N) is 1. The van der Waals surface area contributed by atoms with Gasteiger partial charge in [0.05, 0.1) is 4.90 Å². The molecule has 1 saturated heterocycles. The summed E-state index contributed by atoms with van der Waals surface area (Å²) < 4.78 is 27.4. The first-order valence-corrected chi connectivity index (χ1v) is 11.0. The van der Waals surface area contributed by atoms with E-state index in [0.29, 0.717) is 42.2 Å². The summed E-state index contributed by atoms with van der Waals surface area (Å²) in [5, 5.41) is 2.83. The highest BCUT2D eigenvalue weighted by molar-refractivity contribution is 7.89. The van der Waals surface area contributed by atoms with Gasteiger partial charge in [0.1, 0.15) is 0 Å². The third-order valence-corrected chi connectivity index (χ3v) is 6.80. The minimum atomic E-state index is -3.51. The summed E-state index contributed by atoms with van der Waals surface area (Å²) in [6, 6.07) is 5.11. The lowest BCUT2D eigenvalue weighted by Gasteiger charge is -2.26. The van der Waals surface area contributed by atoms with Crippen molar-refractivity contribution in [1.82, 2.24) is 4.31 Å². The second-order valence-electron chi connectivity index (χ2n) is 6.95. The molecule has 1 aromatic rings. The highest BCUT2D eigenvalue weighted by Crippen LogP contribution is 2.26. The summed E-state index contributed by atoms with van der Waals surface area (Å²) in [7, 11) is -3.51. The molecule has 0 spiro atoms. The van der Waals surface area contributed by atoms with Gasteiger partial charge in [-0.1, -0.05) is 25.3 Å². The first-order valence-electron chi connectivity index (χ1n) is 9.56. The number of nitrogens with zero attached hydrogens (tertiary/aromatic N) is 1. The first-order chi connectivity index (χ1) is 12.4. The maximum atomic E-state index is 12.9. The second-order valence-corrected chi connectivity index (χ2v) is 8.85. The summed E-state index contributed by atoms with van der Waals surface area (Å²) >= 11 is 0. The van der Waals surface area contributed by atoms with E-state index in [9.17, 15) is 13.2 Å². The Hall–Kier alpha value is -1.44. The fraction of sp³-hybridized carbons (Fsp3) is 0.632. The van der Waals surface area contributed by atoms with Gasteiger partial charge in [-0.25, -0.2) is 8.42 Å². The molecule has 7 heteroatoms. The van der Waals surface area contributed by atoms with Gasteiger partial charge < -0.3 is 11.1 Å². The van der Waals surface area contributed by atoms with Crippen LogP contribution in [0, 0.1) is 6.92 Å². The Labute approximate surface area is 157 Å². The van der Waals surface area contributed by atoms with E-state index < -0.39 is 10.0 Å². The number of carbonyl (C=O) groups is 1. The Morgan fingerprint density at radius 3 is 2.50 bits per heavy atom. The monoisotopic (exact) mass is 381 g/mol. The predicted octanol–water partition coefficient (Wildman–Crippen LogP) is 3.02. The van der Waals surface area contributed by atoms with E-state index in [1.807, 2.05) is 0 Å². The van der Waals surface area contributed by atoms with Crippen LogP contribution in [0.2, 0.25) is 0 Å². The van der Waals surface area contributed by atoms with Gasteiger partial charge in [0.25, 0.3) is 0 Å². The Morgan fingerprint density at radius 1 is 1.12 bits per heavy atom. The Kier molecular flexibility index (Phi) is 8.06. The van der Waals surface area contributed by atoms with Gasteiger partial charge in [-0.3, -0.25) is 4.79 Å². The van der Waals surface area contributed by atoms with E-state index in [2.05, 4.69) is 5.32 Å². The number of anilines is 1. The quantitative estimate of drug-likeness (QED) is 0.643. The maximum Gasteiger partial charge on any atom is 0.243 e. The number of benzene rings is 1. The van der Waals surface area contributed by atoms with E-state index in [4.69, 9.17) is 5.73 Å². The van der Waals surface area contributed by atoms with Crippen molar-refractivity contribution in [2.24, 2.45) is 5.73 Å². The van der Waals surface area contributed by atoms with Crippen molar-refractivity contribution in [3.63, 3.8) is 0 Å². The number of rotatable bonds is 9. The van der Waals surface area contributed by atoms with Crippen molar-refractivity contribution in [2.45, 2.75) is 63.2 Å². The van der Waals surface area contributed by atoms with Crippen LogP contribution in [0.4, 0.5) is 5.69 Å². The number of hydrogen-bond donors (Lipinski definition) is 2. The maximum absolute atomic E-state index is 12.9. The van der Waals surface area contributed by atoms with Gasteiger partial charge in [-0.2, -0.15) is 4.31 Å². The summed E-state index contributed by atoms with van der Waals surface area (Å²) in [6.45, 7) is 3.62. The van der Waals surface area contributed by atoms with Crippen molar-refractivity contribution < 1.29 is 13.2 Å². The number of nitrogens with one attached hydrogen (secondary N) is 1. The summed E-state index contributed by atoms with van der Waals surface area (Å²) in [4.78, 5) is 12.4. The number of aryl methyl sites for hydroxylation is 1. The van der Waals surface area contributed by atoms with Gasteiger partial charge in [0, 0.05) is 25.2 Å². The molecule has 1 aromatic carbocycles. The molecular formula is C19H31N3O3S. The minimum absolute atomic E-state index is 0.0806. The lowest BCUT2D eigenvalue weighted by atomic mass is 10.1. The van der Waals surface area contributed by atoms with Crippen molar-refractivity contribution in [3.05, 3.63) is 23.8 Å². The summed E-state index contributed by atoms with van der Waals surface area (Å²) in [5.74, 6) is -0.0806. The van der Waals surface area contributed by atoms with Crippen LogP contribution < -0.4 is 11.1 Å². The average molecular weight is 382 g/mol. The molecule has 1 heterocycles. The molecule has 2 rings (SSSR count). The zero-order chi connectivity index (χ0) is 19.0. The second kappa shape index (κ2) is 10.0. The molecule has 1 fully saturated rings. The molecule has 1 amide bonds. The smallest absolute Gasteiger partial charge is 0.243 e. The third-order valence-electron chi connectivity index (χ3n) is 4.76. The van der Waals surface area contributed by atoms with Crippen LogP contribution >= 0.6 is 0 Å². The topological polar surface area (TPSA) is 92.5 Å². The SMILES string of the molecule is Cc1ccc(NC(=O)CCCCCCN)cc1S(=O)(=O)N1CCCCC1. The van der Waals surface area contributed by atoms with E-state index in [-0.39, 0.29) is 5.91 Å². The normalized spacial score (nSPS) is 15.8. The molecule has 0 aliphatic carbocycles. The summed E-state index contributed by atoms with van der Waals surface area (Å²) in [5.41, 5.74) is 6.70. The van der Waals surface area contributed by atoms with Crippen LogP contribution in [0.15, 0.2) is 23.1 Å². The highest BCUT2D eigenvalue weighted by atomic mass is 32.2. The van der Waals surface area contributed by atoms with E-state index in [1.54, 1.807) is 29.4 Å². The molecule has 1 aliphatic heterocycles. The lowest BCUT2D eigenvalue weighted by molar-refractivity contribution is -0.116. The Balaban J connectivity index is 2.01. The van der Waals surface area contributed by atoms with Crippen LogP contribution in [0.25, 0.3) is 0 Å². The lowest BCUT2D eigenvalue weighted by Crippen LogP contribution is -2.36. The molecule has 3 N–H and O–H groups in total. The Bertz CT molecular complexity index is 698. The van der Waals surface area contributed by atoms with Crippen molar-refractivity contribution in [1.29, 1.82) is 0 Å². The number of piperidine rings is 1. The molecule has 146 valence electrons. The van der Waals surface area contributed by atoms with Crippen molar-refractivity contribution in [3.8, 4) is 0 Å². The summed E-state index contributed by atoms with van der Waals surface area (Å²) in [6.07, 6.45) is 7.13. The fourth-order valence-electron chi connectivity index (χ4n) is 3.21. The molecule has 0 saturated carbocycles. The molecule has 26 heavy (non-hydrogen) atoms. The minimum Gasteiger partial charge on any atom is -0.330 e. The molecule has 0 unspecified atom stereocenters. The van der Waals surface area contributed by atoms with Crippen LogP contribution in [0.1, 0.15) is 56.9 Å². The number of sulfonamides is 1. The van der Waals surface area contributed by atoms with Gasteiger partial charge in [-0.05, 0) is 56.8 Å². The number of carbonyl (C=O) groups excluding carboxylic acids is 1. The van der Waals surface area contributed by atoms with Crippen LogP contribution in [-0.2, 0) is 14.8 Å². The molecule has 0 aromatic heterocycles. The molecule has 0 bridgehead atoms. The van der Waals surface area contributed by atoms with Gasteiger partial charge in [0.2, 0.25) is 15.9 Å². The van der Waals surface area contributed by atoms with Crippen LogP contribution in [0.3, 0.4) is 0 Å². The number of hydrogen-bond acceptors (Lipinski definition) is 4. The van der Waals surface area contributed by atoms with E-state index in [1.165, 1.54) is 0 Å². The highest BCUT2D eigenvalue weighted by Gasteiger charge is 2.27. The molecule has 1 aliphatic rings. The zero-order valence-corrected chi connectivity index (χ0v) is 16.5. The molecule has 6 nitrogen and oxygen atoms in total. The fourth-order valence-corrected chi connectivity index (χ4v) is 4.97. The zero-order valence-electron chi connectivity index (χ0n) is 15.7. The Morgan fingerprint density at radius 2 is 1.81 bits per heavy atom. The first kappa shape index (κ1) is 20.9. The van der Waals surface area contributed by atoms with E-state index >= 15 is 0 Å². The molecular weight excluding hydrogens is 350 g/mol.